The van der Waals surface area contributed by atoms with Crippen molar-refractivity contribution in [3.63, 3.8) is 0 Å². The summed E-state index contributed by atoms with van der Waals surface area (Å²) in [6, 6.07) is 5.89. The van der Waals surface area contributed by atoms with Crippen molar-refractivity contribution in [1.82, 2.24) is 0 Å². The first kappa shape index (κ1) is 14.0. The molecule has 1 saturated carbocycles. The number of carbonyl (C=O) groups excluding carboxylic acids is 1. The molecule has 1 aromatic rings. The second-order valence-electron chi connectivity index (χ2n) is 5.07. The highest BCUT2D eigenvalue weighted by molar-refractivity contribution is 7.89. The van der Waals surface area contributed by atoms with Crippen LogP contribution in [-0.4, -0.2) is 14.3 Å². The number of primary sulfonamides is 1. The highest BCUT2D eigenvalue weighted by Gasteiger charge is 2.29. The van der Waals surface area contributed by atoms with E-state index in [1.165, 1.54) is 12.1 Å². The van der Waals surface area contributed by atoms with Gasteiger partial charge in [-0.2, -0.15) is 0 Å². The number of carbonyl (C=O) groups is 1. The number of rotatable bonds is 3. The van der Waals surface area contributed by atoms with Gasteiger partial charge in [-0.1, -0.05) is 13.3 Å². The van der Waals surface area contributed by atoms with Crippen molar-refractivity contribution < 1.29 is 13.2 Å². The van der Waals surface area contributed by atoms with E-state index in [9.17, 15) is 13.2 Å². The zero-order chi connectivity index (χ0) is 14.0. The van der Waals surface area contributed by atoms with Gasteiger partial charge in [-0.25, -0.2) is 13.6 Å². The maximum Gasteiger partial charge on any atom is 0.238 e. The molecule has 104 valence electrons. The molecule has 1 aliphatic rings. The van der Waals surface area contributed by atoms with Crippen molar-refractivity contribution in [2.75, 3.05) is 5.32 Å². The molecule has 6 heteroatoms. The van der Waals surface area contributed by atoms with Crippen molar-refractivity contribution in [3.05, 3.63) is 24.3 Å². The van der Waals surface area contributed by atoms with Crippen LogP contribution in [0.4, 0.5) is 5.69 Å². The van der Waals surface area contributed by atoms with E-state index in [1.807, 2.05) is 0 Å². The van der Waals surface area contributed by atoms with Gasteiger partial charge in [-0.05, 0) is 43.0 Å². The highest BCUT2D eigenvalue weighted by atomic mass is 32.2. The van der Waals surface area contributed by atoms with Crippen LogP contribution in [0, 0.1) is 11.8 Å². The fourth-order valence-corrected chi connectivity index (χ4v) is 3.01. The lowest BCUT2D eigenvalue weighted by Crippen LogP contribution is -2.24. The van der Waals surface area contributed by atoms with Gasteiger partial charge in [0.2, 0.25) is 15.9 Å². The van der Waals surface area contributed by atoms with Crippen molar-refractivity contribution >= 4 is 21.6 Å². The molecule has 3 N–H and O–H groups in total. The summed E-state index contributed by atoms with van der Waals surface area (Å²) in [5, 5.41) is 7.83. The monoisotopic (exact) mass is 282 g/mol. The molecular weight excluding hydrogens is 264 g/mol. The summed E-state index contributed by atoms with van der Waals surface area (Å²) in [5.41, 5.74) is 0.594. The summed E-state index contributed by atoms with van der Waals surface area (Å²) >= 11 is 0. The topological polar surface area (TPSA) is 89.3 Å². The Hall–Kier alpha value is -1.40. The third-order valence-corrected chi connectivity index (χ3v) is 4.58. The van der Waals surface area contributed by atoms with E-state index in [0.29, 0.717) is 11.6 Å². The smallest absolute Gasteiger partial charge is 0.238 e. The predicted octanol–water partition coefficient (Wildman–Crippen LogP) is 1.71. The molecule has 0 bridgehead atoms. The van der Waals surface area contributed by atoms with Gasteiger partial charge in [-0.15, -0.1) is 0 Å². The number of amides is 1. The van der Waals surface area contributed by atoms with Gasteiger partial charge in [0.1, 0.15) is 0 Å². The molecule has 2 unspecified atom stereocenters. The quantitative estimate of drug-likeness (QED) is 0.884. The van der Waals surface area contributed by atoms with Crippen LogP contribution in [-0.2, 0) is 14.8 Å². The maximum atomic E-state index is 12.1. The van der Waals surface area contributed by atoms with Gasteiger partial charge in [0.05, 0.1) is 4.90 Å². The number of benzene rings is 1. The van der Waals surface area contributed by atoms with Gasteiger partial charge in [-0.3, -0.25) is 4.79 Å². The van der Waals surface area contributed by atoms with E-state index >= 15 is 0 Å². The van der Waals surface area contributed by atoms with Crippen LogP contribution < -0.4 is 10.5 Å². The highest BCUT2D eigenvalue weighted by Crippen LogP contribution is 2.32. The fourth-order valence-electron chi connectivity index (χ4n) is 2.50. The van der Waals surface area contributed by atoms with E-state index in [-0.39, 0.29) is 16.7 Å². The fraction of sp³-hybridized carbons (Fsp3) is 0.462. The van der Waals surface area contributed by atoms with Gasteiger partial charge in [0, 0.05) is 11.6 Å². The molecule has 1 fully saturated rings. The first-order valence-corrected chi connectivity index (χ1v) is 7.86. The van der Waals surface area contributed by atoms with Crippen LogP contribution in [0.2, 0.25) is 0 Å². The molecular formula is C13H18N2O3S. The first-order valence-electron chi connectivity index (χ1n) is 6.31. The molecule has 1 aromatic carbocycles. The van der Waals surface area contributed by atoms with Crippen LogP contribution in [0.1, 0.15) is 26.2 Å². The standard InChI is InChI=1S/C13H18N2O3S/c1-9-3-2-4-12(9)13(16)15-10-5-7-11(8-6-10)19(14,17)18/h5-9,12H,2-4H2,1H3,(H,15,16)(H2,14,17,18). The molecule has 0 aromatic heterocycles. The summed E-state index contributed by atoms with van der Waals surface area (Å²) in [4.78, 5) is 12.1. The van der Waals surface area contributed by atoms with Gasteiger partial charge in [0.25, 0.3) is 0 Å². The normalized spacial score (nSPS) is 23.3. The van der Waals surface area contributed by atoms with E-state index in [2.05, 4.69) is 12.2 Å². The summed E-state index contributed by atoms with van der Waals surface area (Å²) in [6.45, 7) is 2.08. The molecule has 5 nitrogen and oxygen atoms in total. The summed E-state index contributed by atoms with van der Waals surface area (Å²) in [6.07, 6.45) is 3.09. The third kappa shape index (κ3) is 3.33. The van der Waals surface area contributed by atoms with Crippen LogP contribution in [0.3, 0.4) is 0 Å². The van der Waals surface area contributed by atoms with Crippen molar-refractivity contribution in [2.24, 2.45) is 17.0 Å². The maximum absolute atomic E-state index is 12.1. The molecule has 2 atom stereocenters. The zero-order valence-corrected chi connectivity index (χ0v) is 11.6. The Morgan fingerprint density at radius 1 is 1.26 bits per heavy atom. The Balaban J connectivity index is 2.06. The van der Waals surface area contributed by atoms with E-state index < -0.39 is 10.0 Å². The largest absolute Gasteiger partial charge is 0.326 e. The second-order valence-corrected chi connectivity index (χ2v) is 6.63. The Bertz CT molecular complexity index is 566. The van der Waals surface area contributed by atoms with Crippen molar-refractivity contribution in [1.29, 1.82) is 0 Å². The number of hydrogen-bond acceptors (Lipinski definition) is 3. The minimum atomic E-state index is -3.69. The zero-order valence-electron chi connectivity index (χ0n) is 10.8. The summed E-state index contributed by atoms with van der Waals surface area (Å²) < 4.78 is 22.2. The molecule has 2 rings (SSSR count). The lowest BCUT2D eigenvalue weighted by atomic mass is 9.97. The number of nitrogens with two attached hydrogens (primary N) is 1. The second kappa shape index (κ2) is 5.30. The average molecular weight is 282 g/mol. The predicted molar refractivity (Wildman–Crippen MR) is 72.9 cm³/mol. The van der Waals surface area contributed by atoms with Crippen LogP contribution in [0.15, 0.2) is 29.2 Å². The summed E-state index contributed by atoms with van der Waals surface area (Å²) in [7, 11) is -3.69. The molecule has 1 aliphatic carbocycles. The van der Waals surface area contributed by atoms with Gasteiger partial charge >= 0.3 is 0 Å². The number of hydrogen-bond donors (Lipinski definition) is 2. The molecule has 19 heavy (non-hydrogen) atoms. The Labute approximate surface area is 113 Å². The minimum absolute atomic E-state index is 0.00774. The first-order chi connectivity index (χ1) is 8.88. The molecule has 0 radical (unpaired) electrons. The van der Waals surface area contributed by atoms with Gasteiger partial charge < -0.3 is 5.32 Å². The SMILES string of the molecule is CC1CCCC1C(=O)Nc1ccc(S(N)(=O)=O)cc1. The van der Waals surface area contributed by atoms with E-state index in [0.717, 1.165) is 19.3 Å². The summed E-state index contributed by atoms with van der Waals surface area (Å²) in [5.74, 6) is 0.468. The van der Waals surface area contributed by atoms with E-state index in [1.54, 1.807) is 12.1 Å². The third-order valence-electron chi connectivity index (χ3n) is 3.65. The molecule has 1 amide bonds. The van der Waals surface area contributed by atoms with Gasteiger partial charge in [0.15, 0.2) is 0 Å². The molecule has 0 heterocycles. The lowest BCUT2D eigenvalue weighted by Gasteiger charge is -2.15. The Kier molecular flexibility index (Phi) is 3.91. The molecule has 0 spiro atoms. The van der Waals surface area contributed by atoms with Crippen LogP contribution >= 0.6 is 0 Å². The molecule has 0 aliphatic heterocycles. The number of sulfonamides is 1. The Morgan fingerprint density at radius 3 is 2.37 bits per heavy atom. The minimum Gasteiger partial charge on any atom is -0.326 e. The molecule has 0 saturated heterocycles. The van der Waals surface area contributed by atoms with Crippen molar-refractivity contribution in [2.45, 2.75) is 31.1 Å². The number of nitrogens with one attached hydrogen (secondary N) is 1. The average Bonchev–Trinajstić information content (AvgIpc) is 2.75. The number of anilines is 1. The van der Waals surface area contributed by atoms with Crippen molar-refractivity contribution in [3.8, 4) is 0 Å². The van der Waals surface area contributed by atoms with Crippen LogP contribution in [0.5, 0.6) is 0 Å². The van der Waals surface area contributed by atoms with E-state index in [4.69, 9.17) is 5.14 Å². The Morgan fingerprint density at radius 2 is 1.89 bits per heavy atom. The van der Waals surface area contributed by atoms with Crippen LogP contribution in [0.25, 0.3) is 0 Å². The lowest BCUT2D eigenvalue weighted by molar-refractivity contribution is -0.120.